The van der Waals surface area contributed by atoms with Crippen molar-refractivity contribution >= 4 is 17.8 Å². The number of benzene rings is 1. The normalized spacial score (nSPS) is 16.2. The molecular formula is C28H44N2O4. The van der Waals surface area contributed by atoms with Crippen molar-refractivity contribution in [2.45, 2.75) is 79.2 Å². The highest BCUT2D eigenvalue weighted by Crippen LogP contribution is 2.49. The molecule has 6 nitrogen and oxygen atoms in total. The van der Waals surface area contributed by atoms with Crippen molar-refractivity contribution in [2.75, 3.05) is 13.6 Å². The lowest BCUT2D eigenvalue weighted by Crippen LogP contribution is -2.50. The summed E-state index contributed by atoms with van der Waals surface area (Å²) in [6, 6.07) is 9.44. The molecule has 2 rings (SSSR count). The molecule has 1 aliphatic rings. The van der Waals surface area contributed by atoms with Crippen LogP contribution in [0.2, 0.25) is 0 Å². The number of nitrogens with one attached hydrogen (secondary N) is 1. The average Bonchev–Trinajstić information content (AvgIpc) is 3.61. The second-order valence-corrected chi connectivity index (χ2v) is 10.3. The first-order valence-corrected chi connectivity index (χ1v) is 12.4. The van der Waals surface area contributed by atoms with Gasteiger partial charge in [-0.2, -0.15) is 0 Å². The van der Waals surface area contributed by atoms with Gasteiger partial charge in [-0.3, -0.25) is 9.59 Å². The number of carboxylic acids is 1. The first-order valence-electron chi connectivity index (χ1n) is 12.4. The molecule has 2 atom stereocenters. The molecule has 0 aliphatic heterocycles. The van der Waals surface area contributed by atoms with Gasteiger partial charge in [0.05, 0.1) is 18.0 Å². The fourth-order valence-electron chi connectivity index (χ4n) is 4.20. The van der Waals surface area contributed by atoms with E-state index in [1.807, 2.05) is 51.1 Å². The zero-order valence-electron chi connectivity index (χ0n) is 22.2. The summed E-state index contributed by atoms with van der Waals surface area (Å²) < 4.78 is 0. The maximum atomic E-state index is 13.3. The maximum absolute atomic E-state index is 13.3. The van der Waals surface area contributed by atoms with Gasteiger partial charge in [0.15, 0.2) is 0 Å². The Morgan fingerprint density at radius 2 is 1.65 bits per heavy atom. The van der Waals surface area contributed by atoms with E-state index >= 15 is 0 Å². The van der Waals surface area contributed by atoms with Crippen LogP contribution in [0.25, 0.3) is 0 Å². The first-order chi connectivity index (χ1) is 15.9. The van der Waals surface area contributed by atoms with Gasteiger partial charge in [0, 0.05) is 12.6 Å². The third kappa shape index (κ3) is 8.00. The Hall–Kier alpha value is -2.63. The van der Waals surface area contributed by atoms with Crippen molar-refractivity contribution in [3.8, 4) is 0 Å². The summed E-state index contributed by atoms with van der Waals surface area (Å²) in [5.41, 5.74) is 0.575. The number of carbonyl (C=O) groups is 3. The van der Waals surface area contributed by atoms with Gasteiger partial charge >= 0.3 is 5.97 Å². The van der Waals surface area contributed by atoms with E-state index in [9.17, 15) is 14.4 Å². The van der Waals surface area contributed by atoms with Gasteiger partial charge in [0.1, 0.15) is 0 Å². The Bertz CT molecular complexity index is 840. The molecule has 2 N–H and O–H groups in total. The molecule has 0 saturated heterocycles. The second kappa shape index (κ2) is 13.3. The molecule has 0 aromatic heterocycles. The minimum atomic E-state index is -1.00. The molecule has 1 saturated carbocycles. The Morgan fingerprint density at radius 3 is 2.06 bits per heavy atom. The molecule has 0 heterocycles. The van der Waals surface area contributed by atoms with E-state index in [0.717, 1.165) is 24.3 Å². The molecule has 0 bridgehead atoms. The quantitative estimate of drug-likeness (QED) is 0.467. The highest BCUT2D eigenvalue weighted by molar-refractivity contribution is 5.92. The van der Waals surface area contributed by atoms with Gasteiger partial charge < -0.3 is 15.3 Å². The average molecular weight is 473 g/mol. The van der Waals surface area contributed by atoms with Crippen LogP contribution < -0.4 is 5.32 Å². The number of hydrogen-bond acceptors (Lipinski definition) is 3. The molecule has 2 amide bonds. The zero-order valence-corrected chi connectivity index (χ0v) is 22.2. The van der Waals surface area contributed by atoms with Crippen LogP contribution in [0.5, 0.6) is 0 Å². The maximum Gasteiger partial charge on any atom is 0.331 e. The van der Waals surface area contributed by atoms with Gasteiger partial charge in [-0.05, 0) is 49.5 Å². The monoisotopic (exact) mass is 472 g/mol. The predicted octanol–water partition coefficient (Wildman–Crippen LogP) is 5.04. The Balaban J connectivity index is 0.00000133. The number of carbonyl (C=O) groups excluding carboxylic acids is 2. The minimum absolute atomic E-state index is 0.0365. The lowest BCUT2D eigenvalue weighted by atomic mass is 9.73. The van der Waals surface area contributed by atoms with Gasteiger partial charge in [-0.15, -0.1) is 0 Å². The number of amides is 2. The molecule has 0 radical (unpaired) electrons. The largest absolute Gasteiger partial charge is 0.478 e. The van der Waals surface area contributed by atoms with Crippen LogP contribution in [0.1, 0.15) is 73.3 Å². The summed E-state index contributed by atoms with van der Waals surface area (Å²) >= 11 is 0. The van der Waals surface area contributed by atoms with Gasteiger partial charge in [0.2, 0.25) is 11.8 Å². The van der Waals surface area contributed by atoms with Crippen molar-refractivity contribution in [3.63, 3.8) is 0 Å². The number of rotatable bonds is 10. The van der Waals surface area contributed by atoms with Gasteiger partial charge in [-0.1, -0.05) is 78.0 Å². The lowest BCUT2D eigenvalue weighted by Gasteiger charge is -2.33. The van der Waals surface area contributed by atoms with E-state index in [4.69, 9.17) is 5.11 Å². The van der Waals surface area contributed by atoms with Crippen molar-refractivity contribution in [1.82, 2.24) is 10.2 Å². The number of nitrogens with zero attached hydrogens (tertiary/aromatic N) is 1. The highest BCUT2D eigenvalue weighted by Gasteiger charge is 2.50. The van der Waals surface area contributed by atoms with Crippen molar-refractivity contribution in [2.24, 2.45) is 17.8 Å². The molecule has 1 fully saturated rings. The van der Waals surface area contributed by atoms with E-state index in [-0.39, 0.29) is 35.9 Å². The zero-order chi connectivity index (χ0) is 26.1. The SMILES string of the molecule is CC(C)C.CCC(C(=O)NCC(=O)N(C)[C@H](/C=C(\C)C(=O)O)C(C)C)(c1ccccc1)C1CC1. The van der Waals surface area contributed by atoms with E-state index in [0.29, 0.717) is 12.3 Å². The van der Waals surface area contributed by atoms with Crippen LogP contribution in [-0.2, 0) is 19.8 Å². The smallest absolute Gasteiger partial charge is 0.331 e. The van der Waals surface area contributed by atoms with Crippen LogP contribution in [0.4, 0.5) is 0 Å². The van der Waals surface area contributed by atoms with Crippen molar-refractivity contribution in [3.05, 3.63) is 47.5 Å². The van der Waals surface area contributed by atoms with E-state index < -0.39 is 11.4 Å². The number of likely N-dealkylation sites (N-methyl/N-ethyl adjacent to an activating group) is 1. The second-order valence-electron chi connectivity index (χ2n) is 10.3. The summed E-state index contributed by atoms with van der Waals surface area (Å²) in [5.74, 6) is -0.198. The first kappa shape index (κ1) is 29.4. The molecule has 34 heavy (non-hydrogen) atoms. The topological polar surface area (TPSA) is 86.7 Å². The number of carboxylic acid groups (broad SMARTS) is 1. The number of hydrogen-bond donors (Lipinski definition) is 2. The molecule has 1 aromatic rings. The lowest BCUT2D eigenvalue weighted by molar-refractivity contribution is -0.135. The molecule has 0 spiro atoms. The van der Waals surface area contributed by atoms with Crippen LogP contribution in [-0.4, -0.2) is 47.4 Å². The van der Waals surface area contributed by atoms with E-state index in [2.05, 4.69) is 26.1 Å². The molecule has 6 heteroatoms. The summed E-state index contributed by atoms with van der Waals surface area (Å²) in [7, 11) is 1.65. The molecule has 190 valence electrons. The third-order valence-corrected chi connectivity index (χ3v) is 6.21. The fraction of sp³-hybridized carbons (Fsp3) is 0.607. The Kier molecular flexibility index (Phi) is 11.5. The molecular weight excluding hydrogens is 428 g/mol. The van der Waals surface area contributed by atoms with E-state index in [1.165, 1.54) is 11.8 Å². The van der Waals surface area contributed by atoms with E-state index in [1.54, 1.807) is 13.1 Å². The minimum Gasteiger partial charge on any atom is -0.478 e. The van der Waals surface area contributed by atoms with Crippen LogP contribution in [0.3, 0.4) is 0 Å². The highest BCUT2D eigenvalue weighted by atomic mass is 16.4. The summed E-state index contributed by atoms with van der Waals surface area (Å²) in [5, 5.41) is 12.0. The Morgan fingerprint density at radius 1 is 1.12 bits per heavy atom. The van der Waals surface area contributed by atoms with Crippen LogP contribution in [0, 0.1) is 17.8 Å². The number of aliphatic carboxylic acids is 1. The van der Waals surface area contributed by atoms with Crippen LogP contribution in [0.15, 0.2) is 42.0 Å². The predicted molar refractivity (Wildman–Crippen MR) is 137 cm³/mol. The van der Waals surface area contributed by atoms with Gasteiger partial charge in [0.25, 0.3) is 0 Å². The molecule has 1 aromatic carbocycles. The van der Waals surface area contributed by atoms with Crippen LogP contribution >= 0.6 is 0 Å². The summed E-state index contributed by atoms with van der Waals surface area (Å²) in [6.45, 7) is 13.8. The van der Waals surface area contributed by atoms with Crippen molar-refractivity contribution < 1.29 is 19.5 Å². The summed E-state index contributed by atoms with van der Waals surface area (Å²) in [4.78, 5) is 38.8. The summed E-state index contributed by atoms with van der Waals surface area (Å²) in [6.07, 6.45) is 4.29. The molecule has 1 aliphatic carbocycles. The Labute approximate surface area is 205 Å². The van der Waals surface area contributed by atoms with Gasteiger partial charge in [-0.25, -0.2) is 4.79 Å². The van der Waals surface area contributed by atoms with Crippen molar-refractivity contribution in [1.29, 1.82) is 0 Å². The standard InChI is InChI=1S/C24H34N2O4.C4H10/c1-6-24(19-12-13-19,18-10-8-7-9-11-18)23(30)25-15-21(27)26(5)20(16(2)3)14-17(4)22(28)29;1-4(2)3/h7-11,14,16,19-20H,6,12-13,15H2,1-5H3,(H,25,30)(H,28,29);4H,1-3H3/b17-14+;/t20-,24?;/m1./s1. The fourth-order valence-corrected chi connectivity index (χ4v) is 4.20. The molecule has 1 unspecified atom stereocenters. The third-order valence-electron chi connectivity index (χ3n) is 6.21.